The lowest BCUT2D eigenvalue weighted by Crippen LogP contribution is -2.47. The summed E-state index contributed by atoms with van der Waals surface area (Å²) in [5.74, 6) is -0.878. The predicted molar refractivity (Wildman–Crippen MR) is 143 cm³/mol. The van der Waals surface area contributed by atoms with Crippen LogP contribution in [-0.4, -0.2) is 71.9 Å². The summed E-state index contributed by atoms with van der Waals surface area (Å²) < 4.78 is 44.3. The number of carbonyl (C=O) groups is 1. The Bertz CT molecular complexity index is 1670. The number of nitrogens with one attached hydrogen (secondary N) is 1. The van der Waals surface area contributed by atoms with Crippen molar-refractivity contribution in [3.8, 4) is 11.1 Å². The molecule has 1 saturated heterocycles. The van der Waals surface area contributed by atoms with Gasteiger partial charge < -0.3 is 15.5 Å². The first-order chi connectivity index (χ1) is 18.1. The van der Waals surface area contributed by atoms with Gasteiger partial charge in [-0.05, 0) is 37.4 Å². The number of sulfonamides is 1. The van der Waals surface area contributed by atoms with E-state index in [0.717, 1.165) is 19.2 Å². The number of piperazine rings is 1. The van der Waals surface area contributed by atoms with Gasteiger partial charge in [-0.1, -0.05) is 29.3 Å². The SMILES string of the molecule is CN1CCN(C(=O)c2cnn3c(N)c(-c4ccc(NS(=O)(=O)c5cccc(Cl)c5Cl)cc4F)cnc23)CC1. The molecule has 0 atom stereocenters. The fraction of sp³-hybridized carbons (Fsp3) is 0.208. The summed E-state index contributed by atoms with van der Waals surface area (Å²) in [5, 5.41) is 4.14. The summed E-state index contributed by atoms with van der Waals surface area (Å²) in [6, 6.07) is 7.95. The van der Waals surface area contributed by atoms with Gasteiger partial charge in [0.25, 0.3) is 15.9 Å². The molecule has 5 rings (SSSR count). The maximum Gasteiger partial charge on any atom is 0.263 e. The Morgan fingerprint density at radius 1 is 1.08 bits per heavy atom. The number of benzene rings is 2. The highest BCUT2D eigenvalue weighted by Gasteiger charge is 2.25. The molecule has 0 bridgehead atoms. The molecule has 2 aromatic carbocycles. The molecule has 10 nitrogen and oxygen atoms in total. The van der Waals surface area contributed by atoms with Crippen molar-refractivity contribution in [2.24, 2.45) is 0 Å². The monoisotopic (exact) mass is 577 g/mol. The molecule has 0 unspecified atom stereocenters. The van der Waals surface area contributed by atoms with E-state index < -0.39 is 15.8 Å². The zero-order chi connectivity index (χ0) is 27.2. The molecule has 14 heteroatoms. The van der Waals surface area contributed by atoms with Gasteiger partial charge in [-0.15, -0.1) is 0 Å². The molecule has 0 aliphatic carbocycles. The van der Waals surface area contributed by atoms with Gasteiger partial charge in [0, 0.05) is 43.5 Å². The number of rotatable bonds is 5. The number of nitrogen functional groups attached to an aromatic ring is 1. The average Bonchev–Trinajstić information content (AvgIpc) is 3.31. The quantitative estimate of drug-likeness (QED) is 0.371. The van der Waals surface area contributed by atoms with E-state index in [4.69, 9.17) is 28.9 Å². The first kappa shape index (κ1) is 26.2. The number of nitrogens with two attached hydrogens (primary N) is 1. The Hall–Kier alpha value is -3.45. The van der Waals surface area contributed by atoms with Gasteiger partial charge in [0.2, 0.25) is 0 Å². The normalized spacial score (nSPS) is 14.7. The van der Waals surface area contributed by atoms with Gasteiger partial charge >= 0.3 is 0 Å². The minimum atomic E-state index is -4.14. The second kappa shape index (κ2) is 10.0. The lowest BCUT2D eigenvalue weighted by molar-refractivity contribution is 0.0666. The fourth-order valence-corrected chi connectivity index (χ4v) is 6.00. The number of hydrogen-bond donors (Lipinski definition) is 2. The Labute approximate surface area is 227 Å². The molecule has 2 aromatic heterocycles. The van der Waals surface area contributed by atoms with Crippen molar-refractivity contribution in [2.45, 2.75) is 4.90 Å². The van der Waals surface area contributed by atoms with Gasteiger partial charge in [-0.25, -0.2) is 17.8 Å². The van der Waals surface area contributed by atoms with Crippen molar-refractivity contribution in [1.29, 1.82) is 0 Å². The van der Waals surface area contributed by atoms with Crippen LogP contribution in [0, 0.1) is 5.82 Å². The van der Waals surface area contributed by atoms with Gasteiger partial charge in [0.05, 0.1) is 21.9 Å². The number of hydrogen-bond acceptors (Lipinski definition) is 7. The van der Waals surface area contributed by atoms with Crippen molar-refractivity contribution in [3.63, 3.8) is 0 Å². The number of carbonyl (C=O) groups excluding carboxylic acids is 1. The van der Waals surface area contributed by atoms with Crippen LogP contribution in [0.3, 0.4) is 0 Å². The topological polar surface area (TPSA) is 126 Å². The molecule has 4 aromatic rings. The lowest BCUT2D eigenvalue weighted by Gasteiger charge is -2.32. The molecule has 3 N–H and O–H groups in total. The van der Waals surface area contributed by atoms with Gasteiger partial charge in [0.15, 0.2) is 5.65 Å². The molecule has 0 spiro atoms. The molecule has 3 heterocycles. The van der Waals surface area contributed by atoms with Crippen LogP contribution in [0.4, 0.5) is 15.9 Å². The third-order valence-corrected chi connectivity index (χ3v) is 8.66. The number of fused-ring (bicyclic) bond motifs is 1. The van der Waals surface area contributed by atoms with Crippen LogP contribution >= 0.6 is 23.2 Å². The van der Waals surface area contributed by atoms with Crippen LogP contribution < -0.4 is 10.5 Å². The molecule has 198 valence electrons. The Morgan fingerprint density at radius 2 is 1.82 bits per heavy atom. The number of likely N-dealkylation sites (N-methyl/N-ethyl adjacent to an activating group) is 1. The molecule has 1 fully saturated rings. The van der Waals surface area contributed by atoms with E-state index in [0.29, 0.717) is 18.7 Å². The summed E-state index contributed by atoms with van der Waals surface area (Å²) in [6.07, 6.45) is 2.76. The van der Waals surface area contributed by atoms with Crippen LogP contribution in [0.15, 0.2) is 53.7 Å². The summed E-state index contributed by atoms with van der Waals surface area (Å²) in [6.45, 7) is 2.71. The van der Waals surface area contributed by atoms with E-state index in [1.54, 1.807) is 4.90 Å². The highest BCUT2D eigenvalue weighted by molar-refractivity contribution is 7.92. The zero-order valence-electron chi connectivity index (χ0n) is 20.0. The summed E-state index contributed by atoms with van der Waals surface area (Å²) in [7, 11) is -2.14. The van der Waals surface area contributed by atoms with E-state index in [2.05, 4.69) is 19.7 Å². The third kappa shape index (κ3) is 4.75. The van der Waals surface area contributed by atoms with Crippen molar-refractivity contribution in [1.82, 2.24) is 24.4 Å². The Morgan fingerprint density at radius 3 is 2.53 bits per heavy atom. The largest absolute Gasteiger partial charge is 0.383 e. The lowest BCUT2D eigenvalue weighted by atomic mass is 10.1. The van der Waals surface area contributed by atoms with Crippen molar-refractivity contribution >= 4 is 56.3 Å². The number of nitrogens with zero attached hydrogens (tertiary/aromatic N) is 5. The van der Waals surface area contributed by atoms with Crippen LogP contribution in [0.2, 0.25) is 10.0 Å². The molecule has 0 saturated carbocycles. The highest BCUT2D eigenvalue weighted by atomic mass is 35.5. The molecule has 1 amide bonds. The van der Waals surface area contributed by atoms with Crippen molar-refractivity contribution in [2.75, 3.05) is 43.7 Å². The van der Waals surface area contributed by atoms with E-state index in [1.165, 1.54) is 47.2 Å². The first-order valence-electron chi connectivity index (χ1n) is 11.4. The molecule has 1 aliphatic rings. The molecule has 1 aliphatic heterocycles. The van der Waals surface area contributed by atoms with Crippen LogP contribution in [-0.2, 0) is 10.0 Å². The fourth-order valence-electron chi connectivity index (χ4n) is 4.19. The maximum atomic E-state index is 15.2. The first-order valence-corrected chi connectivity index (χ1v) is 13.7. The summed E-state index contributed by atoms with van der Waals surface area (Å²) >= 11 is 12.0. The third-order valence-electron chi connectivity index (χ3n) is 6.30. The molecular formula is C24H22Cl2FN7O3S. The van der Waals surface area contributed by atoms with Gasteiger partial charge in [0.1, 0.15) is 22.1 Å². The molecule has 38 heavy (non-hydrogen) atoms. The number of halogens is 3. The second-order valence-electron chi connectivity index (χ2n) is 8.80. The Balaban J connectivity index is 1.43. The predicted octanol–water partition coefficient (Wildman–Crippen LogP) is 3.61. The van der Waals surface area contributed by atoms with E-state index >= 15 is 4.39 Å². The smallest absolute Gasteiger partial charge is 0.263 e. The summed E-state index contributed by atoms with van der Waals surface area (Å²) in [4.78, 5) is 21.0. The molecule has 0 radical (unpaired) electrons. The van der Waals surface area contributed by atoms with E-state index in [-0.39, 0.29) is 49.1 Å². The average molecular weight is 578 g/mol. The van der Waals surface area contributed by atoms with Crippen LogP contribution in [0.5, 0.6) is 0 Å². The minimum absolute atomic E-state index is 0.0333. The van der Waals surface area contributed by atoms with Crippen LogP contribution in [0.25, 0.3) is 16.8 Å². The second-order valence-corrected chi connectivity index (χ2v) is 11.2. The maximum absolute atomic E-state index is 15.2. The van der Waals surface area contributed by atoms with Gasteiger partial charge in [-0.3, -0.25) is 9.52 Å². The van der Waals surface area contributed by atoms with Crippen molar-refractivity contribution in [3.05, 3.63) is 70.2 Å². The Kier molecular flexibility index (Phi) is 6.90. The minimum Gasteiger partial charge on any atom is -0.383 e. The zero-order valence-corrected chi connectivity index (χ0v) is 22.4. The van der Waals surface area contributed by atoms with Gasteiger partial charge in [-0.2, -0.15) is 9.61 Å². The van der Waals surface area contributed by atoms with Crippen molar-refractivity contribution < 1.29 is 17.6 Å². The van der Waals surface area contributed by atoms with Crippen LogP contribution in [0.1, 0.15) is 10.4 Å². The number of anilines is 2. The van der Waals surface area contributed by atoms with E-state index in [1.807, 2.05) is 7.05 Å². The van der Waals surface area contributed by atoms with E-state index in [9.17, 15) is 13.2 Å². The molecular weight excluding hydrogens is 556 g/mol. The number of aromatic nitrogens is 3. The standard InChI is InChI=1S/C24H22Cl2FN7O3S/c1-32-7-9-33(10-8-32)24(35)17-13-30-34-22(28)16(12-29-23(17)34)15-6-5-14(11-19(15)27)31-38(36,37)20-4-2-3-18(25)21(20)26/h2-6,11-13,31H,7-10,28H2,1H3. The summed E-state index contributed by atoms with van der Waals surface area (Å²) in [5.41, 5.74) is 7.13. The highest BCUT2D eigenvalue weighted by Crippen LogP contribution is 2.33. The number of amides is 1.